The van der Waals surface area contributed by atoms with Gasteiger partial charge < -0.3 is 14.4 Å². The number of pyridine rings is 1. The molecule has 0 spiro atoms. The molecule has 1 unspecified atom stereocenters. The van der Waals surface area contributed by atoms with Crippen LogP contribution in [0.5, 0.6) is 0 Å². The minimum Gasteiger partial charge on any atom is -0.367 e. The molecule has 4 rings (SSSR count). The highest BCUT2D eigenvalue weighted by Crippen LogP contribution is 2.37. The average molecular weight is 483 g/mol. The Morgan fingerprint density at radius 1 is 1.06 bits per heavy atom. The van der Waals surface area contributed by atoms with E-state index in [1.165, 1.54) is 0 Å². The number of benzene rings is 1. The minimum atomic E-state index is -2.77. The Balaban J connectivity index is 1.51. The molecule has 0 radical (unpaired) electrons. The molecule has 2 aromatic rings. The number of nitrogens with one attached hydrogen (secondary N) is 1. The Hall–Kier alpha value is -3.01. The van der Waals surface area contributed by atoms with Gasteiger partial charge in [0.2, 0.25) is 11.8 Å². The highest BCUT2D eigenvalue weighted by molar-refractivity contribution is 6.34. The van der Waals surface area contributed by atoms with Gasteiger partial charge in [-0.05, 0) is 18.1 Å². The molecule has 1 aromatic carbocycles. The van der Waals surface area contributed by atoms with Crippen LogP contribution in [0.4, 0.5) is 24.5 Å². The van der Waals surface area contributed by atoms with E-state index in [9.17, 15) is 27.6 Å². The Bertz CT molecular complexity index is 1130. The van der Waals surface area contributed by atoms with Gasteiger partial charge in [-0.25, -0.2) is 13.2 Å². The molecule has 3 heterocycles. The molecule has 11 heteroatoms. The van der Waals surface area contributed by atoms with Crippen LogP contribution in [-0.2, 0) is 16.1 Å². The number of piperidine rings is 1. The Morgan fingerprint density at radius 2 is 1.73 bits per heavy atom. The zero-order valence-electron chi connectivity index (χ0n) is 17.6. The second-order valence-corrected chi connectivity index (χ2v) is 8.43. The van der Waals surface area contributed by atoms with Crippen molar-refractivity contribution in [2.75, 3.05) is 36.0 Å². The van der Waals surface area contributed by atoms with Gasteiger partial charge in [0.25, 0.3) is 12.0 Å². The molecule has 33 heavy (non-hydrogen) atoms. The fraction of sp³-hybridized carbons (Fsp3) is 0.409. The summed E-state index contributed by atoms with van der Waals surface area (Å²) in [4.78, 5) is 40.0. The number of imide groups is 1. The zero-order chi connectivity index (χ0) is 23.7. The van der Waals surface area contributed by atoms with Crippen LogP contribution in [0.2, 0.25) is 5.02 Å². The Kier molecular flexibility index (Phi) is 6.64. The second-order valence-electron chi connectivity index (χ2n) is 8.05. The molecule has 2 aliphatic rings. The van der Waals surface area contributed by atoms with E-state index >= 15 is 0 Å². The number of alkyl halides is 2. The number of anilines is 2. The minimum absolute atomic E-state index is 0.0405. The number of carbonyl (C=O) groups excluding carboxylic acids is 2. The van der Waals surface area contributed by atoms with Gasteiger partial charge >= 0.3 is 0 Å². The second kappa shape index (κ2) is 9.46. The molecule has 2 amide bonds. The van der Waals surface area contributed by atoms with E-state index in [0.29, 0.717) is 53.4 Å². The summed E-state index contributed by atoms with van der Waals surface area (Å²) in [6.45, 7) is 0.734. The number of halogens is 4. The quantitative estimate of drug-likeness (QED) is 0.663. The van der Waals surface area contributed by atoms with Crippen molar-refractivity contribution in [2.24, 2.45) is 0 Å². The van der Waals surface area contributed by atoms with Crippen molar-refractivity contribution in [3.05, 3.63) is 57.2 Å². The molecule has 0 bridgehead atoms. The predicted molar refractivity (Wildman–Crippen MR) is 118 cm³/mol. The number of hydrogen-bond donors (Lipinski definition) is 1. The highest BCUT2D eigenvalue weighted by atomic mass is 35.5. The normalized spacial score (nSPS) is 19.2. The third-order valence-corrected chi connectivity index (χ3v) is 6.36. The van der Waals surface area contributed by atoms with Gasteiger partial charge in [0.05, 0.1) is 23.2 Å². The van der Waals surface area contributed by atoms with Gasteiger partial charge in [0.15, 0.2) is 0 Å². The molecule has 7 nitrogen and oxygen atoms in total. The van der Waals surface area contributed by atoms with E-state index in [2.05, 4.69) is 5.32 Å². The number of hydrogen-bond acceptors (Lipinski definition) is 5. The van der Waals surface area contributed by atoms with Crippen LogP contribution >= 0.6 is 11.6 Å². The fourth-order valence-electron chi connectivity index (χ4n) is 4.32. The third kappa shape index (κ3) is 4.85. The standard InChI is InChI=1S/C22H22ClF3N4O3/c23-20-14(15-4-5-19(31)27-21(15)32)2-1-3-16(20)28-6-8-29(9-7-28)17-10-13(24)11-30(22(17)33)12-18(25)26/h1-3,10-11,15,18H,4-9,12H2,(H,27,31,32). The lowest BCUT2D eigenvalue weighted by molar-refractivity contribution is -0.134. The van der Waals surface area contributed by atoms with Crippen molar-refractivity contribution in [2.45, 2.75) is 31.7 Å². The van der Waals surface area contributed by atoms with E-state index in [0.717, 1.165) is 12.3 Å². The lowest BCUT2D eigenvalue weighted by Gasteiger charge is -2.38. The van der Waals surface area contributed by atoms with Crippen molar-refractivity contribution in [3.8, 4) is 0 Å². The van der Waals surface area contributed by atoms with Crippen molar-refractivity contribution in [1.29, 1.82) is 0 Å². The maximum Gasteiger partial charge on any atom is 0.274 e. The van der Waals surface area contributed by atoms with Crippen molar-refractivity contribution >= 4 is 34.8 Å². The third-order valence-electron chi connectivity index (χ3n) is 5.95. The van der Waals surface area contributed by atoms with Gasteiger partial charge in [0, 0.05) is 44.9 Å². The van der Waals surface area contributed by atoms with E-state index < -0.39 is 30.3 Å². The predicted octanol–water partition coefficient (Wildman–Crippen LogP) is 2.75. The first-order valence-corrected chi connectivity index (χ1v) is 10.9. The molecule has 1 atom stereocenters. The fourth-order valence-corrected chi connectivity index (χ4v) is 4.70. The molecular formula is C22H22ClF3N4O3. The van der Waals surface area contributed by atoms with Crippen LogP contribution < -0.4 is 20.7 Å². The SMILES string of the molecule is O=C1CCC(c2cccc(N3CCN(c4cc(F)cn(CC(F)F)c4=O)CC3)c2Cl)C(=O)N1. The van der Waals surface area contributed by atoms with Crippen molar-refractivity contribution in [1.82, 2.24) is 9.88 Å². The molecule has 2 aliphatic heterocycles. The summed E-state index contributed by atoms with van der Waals surface area (Å²) in [6, 6.07) is 6.45. The lowest BCUT2D eigenvalue weighted by Crippen LogP contribution is -2.48. The van der Waals surface area contributed by atoms with Crippen LogP contribution in [0.3, 0.4) is 0 Å². The van der Waals surface area contributed by atoms with Crippen LogP contribution in [-0.4, -0.2) is 49.0 Å². The summed E-state index contributed by atoms with van der Waals surface area (Å²) < 4.78 is 40.1. The lowest BCUT2D eigenvalue weighted by atomic mass is 9.90. The Morgan fingerprint density at radius 3 is 2.36 bits per heavy atom. The summed E-state index contributed by atoms with van der Waals surface area (Å²) in [5.74, 6) is -1.95. The first-order valence-electron chi connectivity index (χ1n) is 10.5. The van der Waals surface area contributed by atoms with Crippen molar-refractivity contribution < 1.29 is 22.8 Å². The summed E-state index contributed by atoms with van der Waals surface area (Å²) in [5, 5.41) is 2.76. The van der Waals surface area contributed by atoms with Gasteiger partial charge in [-0.1, -0.05) is 23.7 Å². The molecule has 176 valence electrons. The topological polar surface area (TPSA) is 74.7 Å². The van der Waals surface area contributed by atoms with Crippen LogP contribution in [0.25, 0.3) is 0 Å². The van der Waals surface area contributed by atoms with Gasteiger partial charge in [-0.2, -0.15) is 0 Å². The maximum absolute atomic E-state index is 14.0. The number of rotatable bonds is 5. The van der Waals surface area contributed by atoms with Crippen LogP contribution in [0.1, 0.15) is 24.3 Å². The van der Waals surface area contributed by atoms with Gasteiger partial charge in [-0.3, -0.25) is 19.7 Å². The molecule has 0 aliphatic carbocycles. The maximum atomic E-state index is 14.0. The largest absolute Gasteiger partial charge is 0.367 e. The average Bonchev–Trinajstić information content (AvgIpc) is 2.76. The highest BCUT2D eigenvalue weighted by Gasteiger charge is 2.31. The number of aromatic nitrogens is 1. The summed E-state index contributed by atoms with van der Waals surface area (Å²) in [5.41, 5.74) is 0.733. The van der Waals surface area contributed by atoms with E-state index in [1.54, 1.807) is 17.0 Å². The summed E-state index contributed by atoms with van der Waals surface area (Å²) in [7, 11) is 0. The monoisotopic (exact) mass is 482 g/mol. The molecule has 2 fully saturated rings. The zero-order valence-corrected chi connectivity index (χ0v) is 18.3. The summed E-state index contributed by atoms with van der Waals surface area (Å²) >= 11 is 6.65. The molecule has 2 saturated heterocycles. The Labute approximate surface area is 192 Å². The van der Waals surface area contributed by atoms with Gasteiger partial charge in [0.1, 0.15) is 11.5 Å². The van der Waals surface area contributed by atoms with Crippen LogP contribution in [0, 0.1) is 5.82 Å². The van der Waals surface area contributed by atoms with Crippen molar-refractivity contribution in [3.63, 3.8) is 0 Å². The summed E-state index contributed by atoms with van der Waals surface area (Å²) in [6.07, 6.45) is -1.36. The van der Waals surface area contributed by atoms with E-state index in [1.807, 2.05) is 11.0 Å². The smallest absolute Gasteiger partial charge is 0.274 e. The van der Waals surface area contributed by atoms with E-state index in [-0.39, 0.29) is 23.9 Å². The number of carbonyl (C=O) groups is 2. The molecule has 1 N–H and O–H groups in total. The molecule has 0 saturated carbocycles. The number of amides is 2. The van der Waals surface area contributed by atoms with E-state index in [4.69, 9.17) is 11.6 Å². The number of piperazine rings is 1. The molecular weight excluding hydrogens is 461 g/mol. The number of nitrogens with zero attached hydrogens (tertiary/aromatic N) is 3. The first kappa shape index (κ1) is 23.2. The van der Waals surface area contributed by atoms with Gasteiger partial charge in [-0.15, -0.1) is 0 Å². The molecule has 1 aromatic heterocycles. The van der Waals surface area contributed by atoms with Crippen LogP contribution in [0.15, 0.2) is 35.3 Å². The first-order chi connectivity index (χ1) is 15.7.